The van der Waals surface area contributed by atoms with Gasteiger partial charge in [-0.05, 0) is 42.5 Å². The molecule has 0 saturated heterocycles. The average Bonchev–Trinajstić information content (AvgIpc) is 2.74. The van der Waals surface area contributed by atoms with Gasteiger partial charge in [0.15, 0.2) is 0 Å². The Morgan fingerprint density at radius 3 is 2.32 bits per heavy atom. The maximum atomic E-state index is 12.3. The van der Waals surface area contributed by atoms with Gasteiger partial charge in [-0.2, -0.15) is 0 Å². The lowest BCUT2D eigenvalue weighted by molar-refractivity contribution is 0.102. The molecule has 3 rings (SSSR count). The minimum atomic E-state index is -0.208. The third-order valence-electron chi connectivity index (χ3n) is 3.64. The number of hydrogen-bond donors (Lipinski definition) is 1. The molecule has 0 aliphatic heterocycles. The Morgan fingerprint density at radius 1 is 1.00 bits per heavy atom. The predicted molar refractivity (Wildman–Crippen MR) is 90.3 cm³/mol. The monoisotopic (exact) mass is 359 g/mol. The van der Waals surface area contributed by atoms with Crippen LogP contribution in [0.5, 0.6) is 0 Å². The first-order chi connectivity index (χ1) is 10.5. The Balaban J connectivity index is 1.96. The zero-order valence-electron chi connectivity index (χ0n) is 12.1. The van der Waals surface area contributed by atoms with Crippen molar-refractivity contribution >= 4 is 38.6 Å². The van der Waals surface area contributed by atoms with Crippen LogP contribution in [-0.4, -0.2) is 15.0 Å². The number of carbonyl (C=O) groups is 1. The van der Waals surface area contributed by atoms with E-state index in [1.807, 2.05) is 24.3 Å². The summed E-state index contributed by atoms with van der Waals surface area (Å²) in [5, 5.41) is 2.84. The molecular formula is C16H14BrN3O2. The lowest BCUT2D eigenvalue weighted by atomic mass is 10.1. The first kappa shape index (κ1) is 14.6. The highest BCUT2D eigenvalue weighted by atomic mass is 79.9. The number of fused-ring (bicyclic) bond motifs is 1. The van der Waals surface area contributed by atoms with Crippen molar-refractivity contribution in [1.29, 1.82) is 0 Å². The minimum absolute atomic E-state index is 0.111. The van der Waals surface area contributed by atoms with Crippen molar-refractivity contribution in [2.75, 3.05) is 5.32 Å². The highest BCUT2D eigenvalue weighted by Gasteiger charge is 2.12. The fourth-order valence-electron chi connectivity index (χ4n) is 2.38. The van der Waals surface area contributed by atoms with Gasteiger partial charge in [-0.15, -0.1) is 0 Å². The molecule has 0 radical (unpaired) electrons. The third-order valence-corrected chi connectivity index (χ3v) is 4.16. The molecule has 5 nitrogen and oxygen atoms in total. The molecular weight excluding hydrogens is 346 g/mol. The number of halogens is 1. The molecule has 0 spiro atoms. The van der Waals surface area contributed by atoms with E-state index in [1.54, 1.807) is 36.9 Å². The third kappa shape index (κ3) is 2.46. The number of nitrogens with one attached hydrogen (secondary N) is 1. The second kappa shape index (κ2) is 5.46. The summed E-state index contributed by atoms with van der Waals surface area (Å²) in [4.78, 5) is 24.2. The maximum absolute atomic E-state index is 12.3. The molecule has 0 aliphatic rings. The molecule has 3 aromatic rings. The molecule has 0 aliphatic carbocycles. The van der Waals surface area contributed by atoms with Crippen molar-refractivity contribution in [2.24, 2.45) is 14.1 Å². The van der Waals surface area contributed by atoms with Crippen molar-refractivity contribution in [2.45, 2.75) is 0 Å². The zero-order valence-corrected chi connectivity index (χ0v) is 13.7. The SMILES string of the molecule is Cn1c(=O)n(C)c2cc(C(=O)Nc3ccc(Br)cc3)ccc21. The second-order valence-corrected chi connectivity index (χ2v) is 5.98. The van der Waals surface area contributed by atoms with Crippen LogP contribution in [0, 0.1) is 0 Å². The van der Waals surface area contributed by atoms with Gasteiger partial charge in [0, 0.05) is 29.8 Å². The Bertz CT molecular complexity index is 923. The molecule has 0 saturated carbocycles. The first-order valence-electron chi connectivity index (χ1n) is 6.70. The molecule has 1 aromatic heterocycles. The second-order valence-electron chi connectivity index (χ2n) is 5.07. The summed E-state index contributed by atoms with van der Waals surface area (Å²) in [6, 6.07) is 12.6. The van der Waals surface area contributed by atoms with Crippen LogP contribution in [0.2, 0.25) is 0 Å². The van der Waals surface area contributed by atoms with Crippen molar-refractivity contribution in [3.8, 4) is 0 Å². The molecule has 112 valence electrons. The van der Waals surface area contributed by atoms with E-state index in [9.17, 15) is 9.59 Å². The topological polar surface area (TPSA) is 56.0 Å². The molecule has 0 fully saturated rings. The van der Waals surface area contributed by atoms with Gasteiger partial charge in [0.05, 0.1) is 11.0 Å². The largest absolute Gasteiger partial charge is 0.328 e. The normalized spacial score (nSPS) is 10.9. The van der Waals surface area contributed by atoms with Crippen LogP contribution in [-0.2, 0) is 14.1 Å². The zero-order chi connectivity index (χ0) is 15.9. The molecule has 1 N–H and O–H groups in total. The quantitative estimate of drug-likeness (QED) is 0.764. The van der Waals surface area contributed by atoms with Gasteiger partial charge in [0.2, 0.25) is 0 Å². The van der Waals surface area contributed by atoms with Gasteiger partial charge in [0.25, 0.3) is 5.91 Å². The van der Waals surface area contributed by atoms with Gasteiger partial charge in [-0.1, -0.05) is 15.9 Å². The number of aromatic nitrogens is 2. The summed E-state index contributed by atoms with van der Waals surface area (Å²) in [7, 11) is 3.41. The van der Waals surface area contributed by atoms with Crippen LogP contribution in [0.4, 0.5) is 5.69 Å². The maximum Gasteiger partial charge on any atom is 0.328 e. The van der Waals surface area contributed by atoms with E-state index in [2.05, 4.69) is 21.2 Å². The van der Waals surface area contributed by atoms with Gasteiger partial charge in [-0.25, -0.2) is 4.79 Å². The smallest absolute Gasteiger partial charge is 0.322 e. The number of imidazole rings is 1. The summed E-state index contributed by atoms with van der Waals surface area (Å²) in [5.41, 5.74) is 2.65. The lowest BCUT2D eigenvalue weighted by Crippen LogP contribution is -2.19. The Hall–Kier alpha value is -2.34. The molecule has 2 aromatic carbocycles. The fourth-order valence-corrected chi connectivity index (χ4v) is 2.65. The predicted octanol–water partition coefficient (Wildman–Crippen LogP) is 2.89. The number of aryl methyl sites for hydroxylation is 2. The van der Waals surface area contributed by atoms with Crippen molar-refractivity contribution < 1.29 is 4.79 Å². The Labute approximate surface area is 135 Å². The summed E-state index contributed by atoms with van der Waals surface area (Å²) >= 11 is 3.35. The number of rotatable bonds is 2. The number of benzene rings is 2. The minimum Gasteiger partial charge on any atom is -0.322 e. The van der Waals surface area contributed by atoms with Crippen LogP contribution in [0.25, 0.3) is 11.0 Å². The Morgan fingerprint density at radius 2 is 1.64 bits per heavy atom. The summed E-state index contributed by atoms with van der Waals surface area (Å²) in [5.74, 6) is -0.208. The number of amides is 1. The Kier molecular flexibility index (Phi) is 3.62. The molecule has 1 heterocycles. The van der Waals surface area contributed by atoms with Crippen LogP contribution >= 0.6 is 15.9 Å². The van der Waals surface area contributed by atoms with E-state index in [4.69, 9.17) is 0 Å². The van der Waals surface area contributed by atoms with E-state index in [0.717, 1.165) is 21.2 Å². The molecule has 0 unspecified atom stereocenters. The summed E-state index contributed by atoms with van der Waals surface area (Å²) in [6.07, 6.45) is 0. The molecule has 6 heteroatoms. The summed E-state index contributed by atoms with van der Waals surface area (Å²) < 4.78 is 4.04. The number of carbonyl (C=O) groups excluding carboxylic acids is 1. The molecule has 0 atom stereocenters. The van der Waals surface area contributed by atoms with E-state index >= 15 is 0 Å². The van der Waals surface area contributed by atoms with Crippen LogP contribution in [0.1, 0.15) is 10.4 Å². The van der Waals surface area contributed by atoms with E-state index in [-0.39, 0.29) is 11.6 Å². The standard InChI is InChI=1S/C16H14BrN3O2/c1-19-13-8-3-10(9-14(13)20(2)16(19)22)15(21)18-12-6-4-11(17)5-7-12/h3-9H,1-2H3,(H,18,21). The molecule has 22 heavy (non-hydrogen) atoms. The number of hydrogen-bond acceptors (Lipinski definition) is 2. The highest BCUT2D eigenvalue weighted by molar-refractivity contribution is 9.10. The van der Waals surface area contributed by atoms with E-state index in [0.29, 0.717) is 5.56 Å². The molecule has 0 bridgehead atoms. The van der Waals surface area contributed by atoms with Crippen LogP contribution in [0.3, 0.4) is 0 Å². The first-order valence-corrected chi connectivity index (χ1v) is 7.49. The number of nitrogens with zero attached hydrogens (tertiary/aromatic N) is 2. The van der Waals surface area contributed by atoms with Gasteiger partial charge in [-0.3, -0.25) is 13.9 Å². The van der Waals surface area contributed by atoms with Gasteiger partial charge >= 0.3 is 5.69 Å². The average molecular weight is 360 g/mol. The van der Waals surface area contributed by atoms with Crippen LogP contribution in [0.15, 0.2) is 51.7 Å². The molecule has 1 amide bonds. The fraction of sp³-hybridized carbons (Fsp3) is 0.125. The van der Waals surface area contributed by atoms with Crippen molar-refractivity contribution in [3.05, 3.63) is 63.0 Å². The van der Waals surface area contributed by atoms with E-state index in [1.165, 1.54) is 4.57 Å². The van der Waals surface area contributed by atoms with Crippen molar-refractivity contribution in [1.82, 2.24) is 9.13 Å². The highest BCUT2D eigenvalue weighted by Crippen LogP contribution is 2.17. The lowest BCUT2D eigenvalue weighted by Gasteiger charge is -2.06. The van der Waals surface area contributed by atoms with Crippen LogP contribution < -0.4 is 11.0 Å². The van der Waals surface area contributed by atoms with Gasteiger partial charge < -0.3 is 5.32 Å². The summed E-state index contributed by atoms with van der Waals surface area (Å²) in [6.45, 7) is 0. The number of anilines is 1. The van der Waals surface area contributed by atoms with E-state index < -0.39 is 0 Å². The van der Waals surface area contributed by atoms with Gasteiger partial charge in [0.1, 0.15) is 0 Å². The van der Waals surface area contributed by atoms with Crippen molar-refractivity contribution in [3.63, 3.8) is 0 Å².